The highest BCUT2D eigenvalue weighted by Crippen LogP contribution is 2.28. The highest BCUT2D eigenvalue weighted by Gasteiger charge is 2.24. The molecule has 0 aromatic rings. The predicted octanol–water partition coefficient (Wildman–Crippen LogP) is 3.77. The summed E-state index contributed by atoms with van der Waals surface area (Å²) < 4.78 is 0. The molecular formula is C14H26N2S2. The van der Waals surface area contributed by atoms with Crippen molar-refractivity contribution in [3.63, 3.8) is 0 Å². The minimum Gasteiger partial charge on any atom is -0.362 e. The van der Waals surface area contributed by atoms with Gasteiger partial charge in [0.2, 0.25) is 0 Å². The van der Waals surface area contributed by atoms with Crippen LogP contribution in [0.3, 0.4) is 0 Å². The SMILES string of the molecule is CSC1CCC(NC2=NC(CC(C)C)CS2)CC1. The highest BCUT2D eigenvalue weighted by molar-refractivity contribution is 8.14. The second-order valence-corrected chi connectivity index (χ2v) is 8.03. The van der Waals surface area contributed by atoms with Crippen LogP contribution in [-0.2, 0) is 0 Å². The van der Waals surface area contributed by atoms with Gasteiger partial charge in [-0.05, 0) is 44.3 Å². The smallest absolute Gasteiger partial charge is 0.157 e. The van der Waals surface area contributed by atoms with Crippen molar-refractivity contribution in [2.75, 3.05) is 12.0 Å². The molecule has 0 amide bonds. The zero-order valence-corrected chi connectivity index (χ0v) is 13.4. The first kappa shape index (κ1) is 14.6. The first-order chi connectivity index (χ1) is 8.67. The number of rotatable bonds is 4. The van der Waals surface area contributed by atoms with E-state index in [0.29, 0.717) is 12.1 Å². The fraction of sp³-hybridized carbons (Fsp3) is 0.929. The summed E-state index contributed by atoms with van der Waals surface area (Å²) in [6, 6.07) is 1.23. The van der Waals surface area contributed by atoms with Gasteiger partial charge in [-0.25, -0.2) is 0 Å². The van der Waals surface area contributed by atoms with Crippen molar-refractivity contribution in [1.82, 2.24) is 5.32 Å². The minimum atomic E-state index is 0.556. The fourth-order valence-electron chi connectivity index (χ4n) is 2.78. The monoisotopic (exact) mass is 286 g/mol. The topological polar surface area (TPSA) is 24.4 Å². The molecule has 18 heavy (non-hydrogen) atoms. The summed E-state index contributed by atoms with van der Waals surface area (Å²) in [5, 5.41) is 5.78. The zero-order chi connectivity index (χ0) is 13.0. The van der Waals surface area contributed by atoms with Gasteiger partial charge in [0.1, 0.15) is 0 Å². The lowest BCUT2D eigenvalue weighted by Gasteiger charge is -2.28. The molecule has 0 radical (unpaired) electrons. The lowest BCUT2D eigenvalue weighted by Crippen LogP contribution is -2.36. The molecule has 0 aromatic carbocycles. The van der Waals surface area contributed by atoms with E-state index in [-0.39, 0.29) is 0 Å². The molecule has 2 rings (SSSR count). The first-order valence-electron chi connectivity index (χ1n) is 7.17. The van der Waals surface area contributed by atoms with Gasteiger partial charge in [-0.1, -0.05) is 25.6 Å². The molecule has 1 fully saturated rings. The molecule has 0 aromatic heterocycles. The van der Waals surface area contributed by atoms with Gasteiger partial charge in [-0.2, -0.15) is 11.8 Å². The van der Waals surface area contributed by atoms with E-state index >= 15 is 0 Å². The van der Waals surface area contributed by atoms with Crippen LogP contribution < -0.4 is 5.32 Å². The summed E-state index contributed by atoms with van der Waals surface area (Å²) in [5.41, 5.74) is 0. The van der Waals surface area contributed by atoms with Crippen LogP contribution >= 0.6 is 23.5 Å². The molecule has 1 atom stereocenters. The van der Waals surface area contributed by atoms with E-state index in [4.69, 9.17) is 4.99 Å². The van der Waals surface area contributed by atoms with E-state index in [1.54, 1.807) is 0 Å². The van der Waals surface area contributed by atoms with Crippen LogP contribution in [0.25, 0.3) is 0 Å². The Hall–Kier alpha value is 0.170. The van der Waals surface area contributed by atoms with E-state index in [1.165, 1.54) is 43.0 Å². The van der Waals surface area contributed by atoms with Crippen molar-refractivity contribution in [1.29, 1.82) is 0 Å². The van der Waals surface area contributed by atoms with Crippen molar-refractivity contribution in [3.8, 4) is 0 Å². The van der Waals surface area contributed by atoms with Crippen LogP contribution in [0.5, 0.6) is 0 Å². The van der Waals surface area contributed by atoms with Gasteiger partial charge in [0, 0.05) is 17.0 Å². The molecular weight excluding hydrogens is 260 g/mol. The summed E-state index contributed by atoms with van der Waals surface area (Å²) in [6.07, 6.45) is 8.85. The molecule has 1 aliphatic heterocycles. The van der Waals surface area contributed by atoms with Crippen molar-refractivity contribution in [2.24, 2.45) is 10.9 Å². The number of amidine groups is 1. The third kappa shape index (κ3) is 4.37. The highest BCUT2D eigenvalue weighted by atomic mass is 32.2. The third-order valence-electron chi connectivity index (χ3n) is 3.79. The van der Waals surface area contributed by atoms with Gasteiger partial charge in [0.15, 0.2) is 5.17 Å². The van der Waals surface area contributed by atoms with Crippen LogP contribution in [-0.4, -0.2) is 34.5 Å². The summed E-state index contributed by atoms with van der Waals surface area (Å²) in [7, 11) is 0. The number of nitrogens with one attached hydrogen (secondary N) is 1. The number of nitrogens with zero attached hydrogens (tertiary/aromatic N) is 1. The normalized spacial score (nSPS) is 32.7. The second-order valence-electron chi connectivity index (χ2n) is 5.88. The van der Waals surface area contributed by atoms with Crippen molar-refractivity contribution < 1.29 is 0 Å². The molecule has 0 bridgehead atoms. The molecule has 4 heteroatoms. The van der Waals surface area contributed by atoms with E-state index in [1.807, 2.05) is 23.5 Å². The quantitative estimate of drug-likeness (QED) is 0.851. The van der Waals surface area contributed by atoms with E-state index in [0.717, 1.165) is 11.2 Å². The largest absolute Gasteiger partial charge is 0.362 e. The number of hydrogen-bond donors (Lipinski definition) is 1. The van der Waals surface area contributed by atoms with Crippen LogP contribution in [0.1, 0.15) is 46.0 Å². The van der Waals surface area contributed by atoms with Gasteiger partial charge in [-0.3, -0.25) is 4.99 Å². The van der Waals surface area contributed by atoms with Crippen LogP contribution in [0.4, 0.5) is 0 Å². The molecule has 1 N–H and O–H groups in total. The summed E-state index contributed by atoms with van der Waals surface area (Å²) in [6.45, 7) is 4.57. The van der Waals surface area contributed by atoms with E-state index in [9.17, 15) is 0 Å². The Labute approximate surface area is 120 Å². The Bertz CT molecular complexity index is 284. The Morgan fingerprint density at radius 2 is 2.06 bits per heavy atom. The van der Waals surface area contributed by atoms with E-state index in [2.05, 4.69) is 25.4 Å². The molecule has 104 valence electrons. The maximum atomic E-state index is 4.82. The lowest BCUT2D eigenvalue weighted by molar-refractivity contribution is 0.423. The molecule has 1 unspecified atom stereocenters. The summed E-state index contributed by atoms with van der Waals surface area (Å²) in [4.78, 5) is 4.82. The molecule has 2 nitrogen and oxygen atoms in total. The molecule has 2 aliphatic rings. The average molecular weight is 287 g/mol. The molecule has 0 saturated heterocycles. The molecule has 1 saturated carbocycles. The standard InChI is InChI=1S/C14H26N2S2/c1-10(2)8-12-9-18-14(16-12)15-11-4-6-13(17-3)7-5-11/h10-13H,4-9H2,1-3H3,(H,15,16). The average Bonchev–Trinajstić information content (AvgIpc) is 2.76. The maximum Gasteiger partial charge on any atom is 0.157 e. The maximum absolute atomic E-state index is 4.82. The van der Waals surface area contributed by atoms with Gasteiger partial charge in [-0.15, -0.1) is 0 Å². The lowest BCUT2D eigenvalue weighted by atomic mass is 9.95. The third-order valence-corrected chi connectivity index (χ3v) is 5.98. The van der Waals surface area contributed by atoms with Crippen LogP contribution in [0, 0.1) is 5.92 Å². The Kier molecular flexibility index (Phi) is 5.74. The number of thioether (sulfide) groups is 2. The van der Waals surface area contributed by atoms with E-state index < -0.39 is 0 Å². The predicted molar refractivity (Wildman–Crippen MR) is 85.8 cm³/mol. The van der Waals surface area contributed by atoms with Crippen molar-refractivity contribution in [2.45, 2.75) is 63.3 Å². The molecule has 1 aliphatic carbocycles. The number of hydrogen-bond acceptors (Lipinski definition) is 4. The van der Waals surface area contributed by atoms with Crippen molar-refractivity contribution in [3.05, 3.63) is 0 Å². The Morgan fingerprint density at radius 1 is 1.33 bits per heavy atom. The minimum absolute atomic E-state index is 0.556. The first-order valence-corrected chi connectivity index (χ1v) is 9.44. The van der Waals surface area contributed by atoms with Gasteiger partial charge < -0.3 is 5.32 Å². The second kappa shape index (κ2) is 7.09. The summed E-state index contributed by atoms with van der Waals surface area (Å²) >= 11 is 3.96. The van der Waals surface area contributed by atoms with Gasteiger partial charge in [0.25, 0.3) is 0 Å². The molecule has 1 heterocycles. The zero-order valence-electron chi connectivity index (χ0n) is 11.8. The van der Waals surface area contributed by atoms with Crippen molar-refractivity contribution >= 4 is 28.7 Å². The molecule has 0 spiro atoms. The number of aliphatic imine (C=N–C) groups is 1. The van der Waals surface area contributed by atoms with Crippen LogP contribution in [0.15, 0.2) is 4.99 Å². The fourth-order valence-corrected chi connectivity index (χ4v) is 4.55. The van der Waals surface area contributed by atoms with Gasteiger partial charge >= 0.3 is 0 Å². The Morgan fingerprint density at radius 3 is 2.67 bits per heavy atom. The summed E-state index contributed by atoms with van der Waals surface area (Å²) in [5.74, 6) is 1.94. The van der Waals surface area contributed by atoms with Gasteiger partial charge in [0.05, 0.1) is 6.04 Å². The Balaban J connectivity index is 1.74. The van der Waals surface area contributed by atoms with Crippen LogP contribution in [0.2, 0.25) is 0 Å².